The third-order valence-corrected chi connectivity index (χ3v) is 2.96. The Morgan fingerprint density at radius 1 is 1.35 bits per heavy atom. The number of ether oxygens (including phenoxy) is 1. The number of hydrogen-bond donors (Lipinski definition) is 1. The van der Waals surface area contributed by atoms with E-state index in [-0.39, 0.29) is 11.1 Å². The molecule has 0 heterocycles. The smallest absolute Gasteiger partial charge is 0.275 e. The molecule has 0 aliphatic rings. The van der Waals surface area contributed by atoms with Gasteiger partial charge in [0.05, 0.1) is 17.1 Å². The van der Waals surface area contributed by atoms with Gasteiger partial charge in [0.2, 0.25) is 0 Å². The van der Waals surface area contributed by atoms with Gasteiger partial charge in [0.1, 0.15) is 5.69 Å². The van der Waals surface area contributed by atoms with Crippen LogP contribution in [0.5, 0.6) is 0 Å². The number of halogens is 2. The number of rotatable bonds is 7. The molecule has 0 amide bonds. The molecule has 1 aromatic rings. The molecule has 1 rings (SSSR count). The minimum atomic E-state index is -0.973. The topological polar surface area (TPSA) is 64.4 Å². The first-order valence-corrected chi connectivity index (χ1v) is 6.13. The van der Waals surface area contributed by atoms with E-state index in [2.05, 4.69) is 5.32 Å². The van der Waals surface area contributed by atoms with Crippen molar-refractivity contribution in [2.45, 2.75) is 20.3 Å². The summed E-state index contributed by atoms with van der Waals surface area (Å²) in [6, 6.07) is 1.40. The van der Waals surface area contributed by atoms with E-state index < -0.39 is 22.2 Å². The SMILES string of the molecule is COCCC(C)(C)CNc1c(F)cc([N+](=O)[O-])cc1F. The molecular weight excluding hydrogens is 270 g/mol. The average molecular weight is 288 g/mol. The van der Waals surface area contributed by atoms with Gasteiger partial charge in [-0.2, -0.15) is 0 Å². The predicted octanol–water partition coefficient (Wildman–Crippen LogP) is 3.35. The third-order valence-electron chi connectivity index (χ3n) is 2.96. The molecular formula is C13H18F2N2O3. The standard InChI is InChI=1S/C13H18F2N2O3/c1-13(2,4-5-20-3)8-16-12-10(14)6-9(17(18)19)7-11(12)15/h6-7,16H,4-5,8H2,1-3H3. The van der Waals surface area contributed by atoms with Gasteiger partial charge >= 0.3 is 0 Å². The van der Waals surface area contributed by atoms with E-state index in [1.807, 2.05) is 13.8 Å². The summed E-state index contributed by atoms with van der Waals surface area (Å²) in [5, 5.41) is 13.2. The van der Waals surface area contributed by atoms with Crippen LogP contribution < -0.4 is 5.32 Å². The summed E-state index contributed by atoms with van der Waals surface area (Å²) in [6.45, 7) is 4.72. The Kier molecular flexibility index (Phi) is 5.38. The maximum Gasteiger partial charge on any atom is 0.275 e. The van der Waals surface area contributed by atoms with Crippen LogP contribution in [0, 0.1) is 27.2 Å². The van der Waals surface area contributed by atoms with Gasteiger partial charge in [-0.05, 0) is 11.8 Å². The van der Waals surface area contributed by atoms with E-state index in [0.717, 1.165) is 0 Å². The Morgan fingerprint density at radius 2 is 1.90 bits per heavy atom. The summed E-state index contributed by atoms with van der Waals surface area (Å²) < 4.78 is 32.3. The lowest BCUT2D eigenvalue weighted by molar-refractivity contribution is -0.385. The van der Waals surface area contributed by atoms with Gasteiger partial charge in [-0.25, -0.2) is 8.78 Å². The minimum absolute atomic E-state index is 0.226. The van der Waals surface area contributed by atoms with Crippen LogP contribution in [0.3, 0.4) is 0 Å². The van der Waals surface area contributed by atoms with Gasteiger partial charge in [0.25, 0.3) is 5.69 Å². The second-order valence-electron chi connectivity index (χ2n) is 5.30. The van der Waals surface area contributed by atoms with Gasteiger partial charge in [-0.3, -0.25) is 10.1 Å². The van der Waals surface area contributed by atoms with Crippen molar-refractivity contribution in [3.8, 4) is 0 Å². The second kappa shape index (κ2) is 6.60. The molecule has 0 unspecified atom stereocenters. The summed E-state index contributed by atoms with van der Waals surface area (Å²) in [6.07, 6.45) is 0.715. The van der Waals surface area contributed by atoms with E-state index in [9.17, 15) is 18.9 Å². The highest BCUT2D eigenvalue weighted by molar-refractivity contribution is 5.51. The second-order valence-corrected chi connectivity index (χ2v) is 5.30. The molecule has 112 valence electrons. The summed E-state index contributed by atoms with van der Waals surface area (Å²) >= 11 is 0. The molecule has 0 aromatic heterocycles. The molecule has 20 heavy (non-hydrogen) atoms. The monoisotopic (exact) mass is 288 g/mol. The average Bonchev–Trinajstić information content (AvgIpc) is 2.35. The van der Waals surface area contributed by atoms with Crippen molar-refractivity contribution in [1.82, 2.24) is 0 Å². The molecule has 0 atom stereocenters. The fourth-order valence-corrected chi connectivity index (χ4v) is 1.63. The van der Waals surface area contributed by atoms with Crippen molar-refractivity contribution in [3.63, 3.8) is 0 Å². The van der Waals surface area contributed by atoms with E-state index in [1.165, 1.54) is 0 Å². The van der Waals surface area contributed by atoms with Crippen LogP contribution in [0.4, 0.5) is 20.2 Å². The normalized spacial score (nSPS) is 11.4. The van der Waals surface area contributed by atoms with E-state index in [0.29, 0.717) is 31.7 Å². The highest BCUT2D eigenvalue weighted by Crippen LogP contribution is 2.27. The number of hydrogen-bond acceptors (Lipinski definition) is 4. The molecule has 0 saturated carbocycles. The zero-order valence-electron chi connectivity index (χ0n) is 11.7. The number of benzene rings is 1. The van der Waals surface area contributed by atoms with Gasteiger partial charge in [0, 0.05) is 20.3 Å². The van der Waals surface area contributed by atoms with E-state index in [4.69, 9.17) is 4.74 Å². The Labute approximate surface area is 116 Å². The number of nitrogens with zero attached hydrogens (tertiary/aromatic N) is 1. The van der Waals surface area contributed by atoms with Crippen molar-refractivity contribution < 1.29 is 18.4 Å². The Hall–Kier alpha value is -1.76. The maximum absolute atomic E-state index is 13.7. The summed E-state index contributed by atoms with van der Waals surface area (Å²) in [5.41, 5.74) is -1.18. The van der Waals surface area contributed by atoms with Gasteiger partial charge in [-0.1, -0.05) is 13.8 Å². The molecule has 7 heteroatoms. The molecule has 0 spiro atoms. The van der Waals surface area contributed by atoms with Crippen molar-refractivity contribution in [2.75, 3.05) is 25.6 Å². The van der Waals surface area contributed by atoms with Crippen LogP contribution in [0.15, 0.2) is 12.1 Å². The molecule has 0 bridgehead atoms. The Balaban J connectivity index is 2.81. The summed E-state index contributed by atoms with van der Waals surface area (Å²) in [7, 11) is 1.58. The first kappa shape index (κ1) is 16.3. The molecule has 0 fully saturated rings. The molecule has 1 aromatic carbocycles. The summed E-state index contributed by atoms with van der Waals surface area (Å²) in [4.78, 5) is 9.66. The van der Waals surface area contributed by atoms with Crippen LogP contribution in [0.2, 0.25) is 0 Å². The van der Waals surface area contributed by atoms with E-state index >= 15 is 0 Å². The van der Waals surface area contributed by atoms with Crippen LogP contribution in [0.25, 0.3) is 0 Å². The van der Waals surface area contributed by atoms with Crippen molar-refractivity contribution in [2.24, 2.45) is 5.41 Å². The molecule has 0 saturated heterocycles. The number of nitro groups is 1. The number of non-ortho nitro benzene ring substituents is 1. The molecule has 1 N–H and O–H groups in total. The fraction of sp³-hybridized carbons (Fsp3) is 0.538. The van der Waals surface area contributed by atoms with Crippen LogP contribution in [-0.2, 0) is 4.74 Å². The number of nitrogens with one attached hydrogen (secondary N) is 1. The zero-order valence-corrected chi connectivity index (χ0v) is 11.7. The lowest BCUT2D eigenvalue weighted by Gasteiger charge is -2.25. The minimum Gasteiger partial charge on any atom is -0.385 e. The van der Waals surface area contributed by atoms with E-state index in [1.54, 1.807) is 7.11 Å². The fourth-order valence-electron chi connectivity index (χ4n) is 1.63. The first-order chi connectivity index (χ1) is 9.26. The third kappa shape index (κ3) is 4.41. The largest absolute Gasteiger partial charge is 0.385 e. The Bertz CT molecular complexity index is 469. The number of nitro benzene ring substituents is 1. The highest BCUT2D eigenvalue weighted by atomic mass is 19.1. The Morgan fingerprint density at radius 3 is 2.35 bits per heavy atom. The predicted molar refractivity (Wildman–Crippen MR) is 71.8 cm³/mol. The van der Waals surface area contributed by atoms with Crippen molar-refractivity contribution >= 4 is 11.4 Å². The number of anilines is 1. The lowest BCUT2D eigenvalue weighted by atomic mass is 9.89. The first-order valence-electron chi connectivity index (χ1n) is 6.13. The van der Waals surface area contributed by atoms with Crippen LogP contribution in [0.1, 0.15) is 20.3 Å². The number of methoxy groups -OCH3 is 1. The van der Waals surface area contributed by atoms with Crippen LogP contribution >= 0.6 is 0 Å². The van der Waals surface area contributed by atoms with Gasteiger partial charge < -0.3 is 10.1 Å². The van der Waals surface area contributed by atoms with Gasteiger partial charge in [0.15, 0.2) is 11.6 Å². The van der Waals surface area contributed by atoms with Gasteiger partial charge in [-0.15, -0.1) is 0 Å². The quantitative estimate of drug-likeness (QED) is 0.617. The lowest BCUT2D eigenvalue weighted by Crippen LogP contribution is -2.25. The van der Waals surface area contributed by atoms with Crippen molar-refractivity contribution in [3.05, 3.63) is 33.9 Å². The molecule has 0 radical (unpaired) electrons. The molecule has 0 aliphatic carbocycles. The molecule has 5 nitrogen and oxygen atoms in total. The van der Waals surface area contributed by atoms with Crippen LogP contribution in [-0.4, -0.2) is 25.2 Å². The zero-order chi connectivity index (χ0) is 15.3. The highest BCUT2D eigenvalue weighted by Gasteiger charge is 2.21. The molecule has 0 aliphatic heterocycles. The van der Waals surface area contributed by atoms with Crippen molar-refractivity contribution in [1.29, 1.82) is 0 Å². The summed E-state index contributed by atoms with van der Waals surface area (Å²) in [5.74, 6) is -1.95. The maximum atomic E-state index is 13.7.